The van der Waals surface area contributed by atoms with Crippen molar-refractivity contribution in [3.63, 3.8) is 0 Å². The van der Waals surface area contributed by atoms with Crippen LogP contribution in [0.15, 0.2) is 79.1 Å². The summed E-state index contributed by atoms with van der Waals surface area (Å²) in [7, 11) is 0. The number of alkyl halides is 3. The van der Waals surface area contributed by atoms with Crippen LogP contribution in [0.1, 0.15) is 27.6 Å². The minimum Gasteiger partial charge on any atom is -0.444 e. The van der Waals surface area contributed by atoms with E-state index in [1.54, 1.807) is 30.3 Å². The fourth-order valence-corrected chi connectivity index (χ4v) is 2.54. The monoisotopic (exact) mass is 400 g/mol. The maximum atomic E-state index is 12.9. The molecule has 8 heteroatoms. The molecule has 1 heterocycles. The average molecular weight is 400 g/mol. The molecule has 3 rings (SSSR count). The van der Waals surface area contributed by atoms with E-state index in [1.807, 2.05) is 0 Å². The zero-order chi connectivity index (χ0) is 20.9. The molecule has 0 bridgehead atoms. The van der Waals surface area contributed by atoms with Crippen molar-refractivity contribution in [2.24, 2.45) is 0 Å². The Balaban J connectivity index is 1.85. The molecule has 29 heavy (non-hydrogen) atoms. The summed E-state index contributed by atoms with van der Waals surface area (Å²) in [5.41, 5.74) is -0.404. The van der Waals surface area contributed by atoms with Crippen LogP contribution < -0.4 is 5.32 Å². The average Bonchev–Trinajstić information content (AvgIpc) is 2.72. The molecular formula is C21H15F3N2O3. The molecule has 1 amide bonds. The summed E-state index contributed by atoms with van der Waals surface area (Å²) in [6.07, 6.45) is -3.10. The minimum atomic E-state index is -4.55. The molecule has 0 radical (unpaired) electrons. The van der Waals surface area contributed by atoms with Gasteiger partial charge in [0.2, 0.25) is 6.10 Å². The van der Waals surface area contributed by atoms with E-state index in [-0.39, 0.29) is 11.3 Å². The van der Waals surface area contributed by atoms with Gasteiger partial charge >= 0.3 is 12.1 Å². The smallest absolute Gasteiger partial charge is 0.416 e. The second kappa shape index (κ2) is 8.55. The highest BCUT2D eigenvalue weighted by Gasteiger charge is 2.31. The zero-order valence-electron chi connectivity index (χ0n) is 14.9. The van der Waals surface area contributed by atoms with Crippen LogP contribution in [0.2, 0.25) is 0 Å². The Morgan fingerprint density at radius 3 is 2.28 bits per heavy atom. The molecule has 0 saturated carbocycles. The quantitative estimate of drug-likeness (QED) is 0.634. The maximum absolute atomic E-state index is 12.9. The highest BCUT2D eigenvalue weighted by atomic mass is 19.4. The van der Waals surface area contributed by atoms with E-state index in [1.165, 1.54) is 36.7 Å². The summed E-state index contributed by atoms with van der Waals surface area (Å²) >= 11 is 0. The molecule has 0 aliphatic heterocycles. The molecule has 1 aromatic heterocycles. The van der Waals surface area contributed by atoms with Crippen molar-refractivity contribution in [1.29, 1.82) is 0 Å². The fraction of sp³-hybridized carbons (Fsp3) is 0.0952. The van der Waals surface area contributed by atoms with Gasteiger partial charge in [0.1, 0.15) is 0 Å². The van der Waals surface area contributed by atoms with Crippen LogP contribution in [0.3, 0.4) is 0 Å². The number of anilines is 1. The molecule has 2 aromatic carbocycles. The highest BCUT2D eigenvalue weighted by Crippen LogP contribution is 2.31. The van der Waals surface area contributed by atoms with Crippen LogP contribution in [0.4, 0.5) is 18.9 Å². The number of carbonyl (C=O) groups is 2. The molecule has 0 unspecified atom stereocenters. The molecule has 5 nitrogen and oxygen atoms in total. The normalized spacial score (nSPS) is 12.1. The highest BCUT2D eigenvalue weighted by molar-refractivity contribution is 5.98. The van der Waals surface area contributed by atoms with Crippen molar-refractivity contribution in [3.05, 3.63) is 95.8 Å². The third-order valence-electron chi connectivity index (χ3n) is 3.94. The first kappa shape index (κ1) is 20.1. The number of ether oxygens (including phenoxy) is 1. The lowest BCUT2D eigenvalue weighted by Gasteiger charge is -2.18. The minimum absolute atomic E-state index is 0.0642. The van der Waals surface area contributed by atoms with Gasteiger partial charge in [-0.25, -0.2) is 4.79 Å². The first-order valence-corrected chi connectivity index (χ1v) is 8.48. The topological polar surface area (TPSA) is 68.3 Å². The third kappa shape index (κ3) is 5.19. The van der Waals surface area contributed by atoms with Crippen molar-refractivity contribution in [3.8, 4) is 0 Å². The molecule has 0 saturated heterocycles. The van der Waals surface area contributed by atoms with Gasteiger partial charge in [0.15, 0.2) is 0 Å². The van der Waals surface area contributed by atoms with Crippen LogP contribution >= 0.6 is 0 Å². The summed E-state index contributed by atoms with van der Waals surface area (Å²) in [6, 6.07) is 15.2. The van der Waals surface area contributed by atoms with Crippen LogP contribution in [-0.4, -0.2) is 16.9 Å². The number of hydrogen-bond donors (Lipinski definition) is 1. The molecular weight excluding hydrogens is 385 g/mol. The van der Waals surface area contributed by atoms with Gasteiger partial charge < -0.3 is 10.1 Å². The number of rotatable bonds is 5. The van der Waals surface area contributed by atoms with Crippen molar-refractivity contribution in [2.45, 2.75) is 12.3 Å². The van der Waals surface area contributed by atoms with Gasteiger partial charge in [-0.15, -0.1) is 0 Å². The SMILES string of the molecule is O=C(O[C@H](C(=O)Nc1cccc(C(F)(F)F)c1)c1ccccc1)c1ccncc1. The standard InChI is InChI=1S/C21H15F3N2O3/c22-21(23,24)16-7-4-8-17(13-16)26-19(27)18(14-5-2-1-3-6-14)29-20(28)15-9-11-25-12-10-15/h1-13,18H,(H,26,27)/t18-/m0/s1. The first-order chi connectivity index (χ1) is 13.8. The molecule has 0 aliphatic rings. The van der Waals surface area contributed by atoms with E-state index in [4.69, 9.17) is 4.74 Å². The summed E-state index contributed by atoms with van der Waals surface area (Å²) in [5.74, 6) is -1.54. The first-order valence-electron chi connectivity index (χ1n) is 8.48. The van der Waals surface area contributed by atoms with Gasteiger partial charge in [0, 0.05) is 23.6 Å². The summed E-state index contributed by atoms with van der Waals surface area (Å²) in [5, 5.41) is 2.38. The van der Waals surface area contributed by atoms with Crippen LogP contribution in [0, 0.1) is 0 Å². The molecule has 0 aliphatic carbocycles. The zero-order valence-corrected chi connectivity index (χ0v) is 14.9. The van der Waals surface area contributed by atoms with E-state index in [0.29, 0.717) is 5.56 Å². The number of esters is 1. The van der Waals surface area contributed by atoms with Gasteiger partial charge in [-0.2, -0.15) is 13.2 Å². The lowest BCUT2D eigenvalue weighted by Crippen LogP contribution is -2.26. The molecule has 3 aromatic rings. The summed E-state index contributed by atoms with van der Waals surface area (Å²) in [4.78, 5) is 29.0. The van der Waals surface area contributed by atoms with Crippen LogP contribution in [0.25, 0.3) is 0 Å². The Labute approximate surface area is 164 Å². The van der Waals surface area contributed by atoms with Crippen molar-refractivity contribution < 1.29 is 27.5 Å². The predicted octanol–water partition coefficient (Wildman–Crippen LogP) is 4.64. The Morgan fingerprint density at radius 1 is 0.931 bits per heavy atom. The van der Waals surface area contributed by atoms with E-state index >= 15 is 0 Å². The van der Waals surface area contributed by atoms with Gasteiger partial charge in [0.25, 0.3) is 5.91 Å². The van der Waals surface area contributed by atoms with Gasteiger partial charge in [-0.3, -0.25) is 9.78 Å². The number of amides is 1. The Morgan fingerprint density at radius 2 is 1.62 bits per heavy atom. The number of aromatic nitrogens is 1. The van der Waals surface area contributed by atoms with E-state index in [2.05, 4.69) is 10.3 Å². The van der Waals surface area contributed by atoms with E-state index in [9.17, 15) is 22.8 Å². The van der Waals surface area contributed by atoms with Gasteiger partial charge in [-0.1, -0.05) is 36.4 Å². The number of benzene rings is 2. The lowest BCUT2D eigenvalue weighted by molar-refractivity contribution is -0.137. The largest absolute Gasteiger partial charge is 0.444 e. The molecule has 148 valence electrons. The third-order valence-corrected chi connectivity index (χ3v) is 3.94. The number of nitrogens with one attached hydrogen (secondary N) is 1. The van der Waals surface area contributed by atoms with Crippen LogP contribution in [-0.2, 0) is 15.7 Å². The van der Waals surface area contributed by atoms with Crippen LogP contribution in [0.5, 0.6) is 0 Å². The number of carbonyl (C=O) groups excluding carboxylic acids is 2. The van der Waals surface area contributed by atoms with Crippen molar-refractivity contribution in [1.82, 2.24) is 4.98 Å². The number of hydrogen-bond acceptors (Lipinski definition) is 4. The summed E-state index contributed by atoms with van der Waals surface area (Å²) in [6.45, 7) is 0. The molecule has 0 fully saturated rings. The molecule has 0 spiro atoms. The fourth-order valence-electron chi connectivity index (χ4n) is 2.54. The van der Waals surface area contributed by atoms with Gasteiger partial charge in [0.05, 0.1) is 11.1 Å². The number of halogens is 3. The maximum Gasteiger partial charge on any atom is 0.416 e. The summed E-state index contributed by atoms with van der Waals surface area (Å²) < 4.78 is 44.1. The van der Waals surface area contributed by atoms with Crippen molar-refractivity contribution >= 4 is 17.6 Å². The lowest BCUT2D eigenvalue weighted by atomic mass is 10.1. The second-order valence-electron chi connectivity index (χ2n) is 6.00. The Hall–Kier alpha value is -3.68. The van der Waals surface area contributed by atoms with E-state index < -0.39 is 29.7 Å². The Kier molecular flexibility index (Phi) is 5.92. The second-order valence-corrected chi connectivity index (χ2v) is 6.00. The molecule has 1 atom stereocenters. The van der Waals surface area contributed by atoms with E-state index in [0.717, 1.165) is 12.1 Å². The molecule has 1 N–H and O–H groups in total. The Bertz CT molecular complexity index is 993. The van der Waals surface area contributed by atoms with Crippen molar-refractivity contribution in [2.75, 3.05) is 5.32 Å². The number of pyridine rings is 1. The predicted molar refractivity (Wildman–Crippen MR) is 98.9 cm³/mol. The van der Waals surface area contributed by atoms with Gasteiger partial charge in [-0.05, 0) is 30.3 Å². The number of nitrogens with zero attached hydrogens (tertiary/aromatic N) is 1.